The highest BCUT2D eigenvalue weighted by Gasteiger charge is 2.18. The molecule has 2 aromatic carbocycles. The Labute approximate surface area is 160 Å². The molecular formula is C21H28FN3S. The fraction of sp³-hybridized carbons (Fsp3) is 0.429. The van der Waals surface area contributed by atoms with Crippen molar-refractivity contribution in [3.63, 3.8) is 0 Å². The molecule has 0 aromatic heterocycles. The molecular weight excluding hydrogens is 345 g/mol. The van der Waals surface area contributed by atoms with Gasteiger partial charge in [0, 0.05) is 54.7 Å². The van der Waals surface area contributed by atoms with Crippen molar-refractivity contribution in [3.8, 4) is 0 Å². The Morgan fingerprint density at radius 3 is 2.42 bits per heavy atom. The summed E-state index contributed by atoms with van der Waals surface area (Å²) in [6, 6.07) is 15.4. The smallest absolute Gasteiger partial charge is 0.102 e. The van der Waals surface area contributed by atoms with Gasteiger partial charge >= 0.3 is 0 Å². The van der Waals surface area contributed by atoms with E-state index in [4.69, 9.17) is 0 Å². The second-order valence-corrected chi connectivity index (χ2v) is 7.87. The van der Waals surface area contributed by atoms with Gasteiger partial charge in [-0.15, -0.1) is 0 Å². The van der Waals surface area contributed by atoms with Crippen LogP contribution in [0.5, 0.6) is 0 Å². The lowest BCUT2D eigenvalue weighted by Crippen LogP contribution is -2.47. The molecule has 5 heteroatoms. The highest BCUT2D eigenvalue weighted by atomic mass is 32.2. The molecule has 0 saturated carbocycles. The van der Waals surface area contributed by atoms with E-state index in [1.54, 1.807) is 0 Å². The van der Waals surface area contributed by atoms with Gasteiger partial charge < -0.3 is 10.2 Å². The Hall–Kier alpha value is -1.56. The molecule has 1 N–H and O–H groups in total. The second-order valence-electron chi connectivity index (χ2n) is 6.76. The van der Waals surface area contributed by atoms with Crippen LogP contribution in [-0.2, 0) is 6.54 Å². The summed E-state index contributed by atoms with van der Waals surface area (Å²) in [4.78, 5) is 7.17. The lowest BCUT2D eigenvalue weighted by molar-refractivity contribution is 0.235. The molecule has 0 aliphatic carbocycles. The SMILES string of the molecule is CNCc1cc(N2CCN(CCF)CC2)ccc1Sc1ccc(C)cc1. The summed E-state index contributed by atoms with van der Waals surface area (Å²) in [6.07, 6.45) is 0. The molecule has 3 rings (SSSR count). The summed E-state index contributed by atoms with van der Waals surface area (Å²) in [5.74, 6) is 0. The number of anilines is 1. The maximum Gasteiger partial charge on any atom is 0.102 e. The highest BCUT2D eigenvalue weighted by molar-refractivity contribution is 7.99. The topological polar surface area (TPSA) is 18.5 Å². The highest BCUT2D eigenvalue weighted by Crippen LogP contribution is 2.33. The molecule has 0 spiro atoms. The maximum atomic E-state index is 12.5. The third-order valence-corrected chi connectivity index (χ3v) is 5.92. The van der Waals surface area contributed by atoms with Gasteiger partial charge in [0.15, 0.2) is 0 Å². The molecule has 0 radical (unpaired) electrons. The van der Waals surface area contributed by atoms with Crippen LogP contribution in [-0.4, -0.2) is 51.3 Å². The van der Waals surface area contributed by atoms with E-state index in [-0.39, 0.29) is 6.67 Å². The Morgan fingerprint density at radius 2 is 1.77 bits per heavy atom. The van der Waals surface area contributed by atoms with Crippen LogP contribution in [0.4, 0.5) is 10.1 Å². The standard InChI is InChI=1S/C21H28FN3S/c1-17-3-6-20(7-4-17)26-21-8-5-19(15-18(21)16-23-2)25-13-11-24(10-9-22)12-14-25/h3-8,15,23H,9-14,16H2,1-2H3. The average Bonchev–Trinajstić information content (AvgIpc) is 2.66. The average molecular weight is 374 g/mol. The van der Waals surface area contributed by atoms with Crippen LogP contribution in [0.25, 0.3) is 0 Å². The monoisotopic (exact) mass is 373 g/mol. The fourth-order valence-corrected chi connectivity index (χ4v) is 4.20. The molecule has 3 nitrogen and oxygen atoms in total. The number of hydrogen-bond donors (Lipinski definition) is 1. The molecule has 0 bridgehead atoms. The van der Waals surface area contributed by atoms with Gasteiger partial charge in [0.25, 0.3) is 0 Å². The van der Waals surface area contributed by atoms with Crippen molar-refractivity contribution in [2.75, 3.05) is 51.3 Å². The summed E-state index contributed by atoms with van der Waals surface area (Å²) in [5, 5.41) is 3.29. The lowest BCUT2D eigenvalue weighted by atomic mass is 10.1. The minimum atomic E-state index is -0.253. The number of nitrogens with zero attached hydrogens (tertiary/aromatic N) is 2. The molecule has 2 aromatic rings. The van der Waals surface area contributed by atoms with Gasteiger partial charge in [0.05, 0.1) is 0 Å². The van der Waals surface area contributed by atoms with Crippen LogP contribution in [0.1, 0.15) is 11.1 Å². The Bertz CT molecular complexity index is 697. The predicted molar refractivity (Wildman–Crippen MR) is 109 cm³/mol. The molecule has 1 fully saturated rings. The zero-order valence-electron chi connectivity index (χ0n) is 15.7. The van der Waals surface area contributed by atoms with Crippen LogP contribution < -0.4 is 10.2 Å². The number of hydrogen-bond acceptors (Lipinski definition) is 4. The van der Waals surface area contributed by atoms with Crippen molar-refractivity contribution in [3.05, 3.63) is 53.6 Å². The number of aryl methyl sites for hydroxylation is 1. The first-order chi connectivity index (χ1) is 12.7. The Balaban J connectivity index is 1.73. The number of alkyl halides is 1. The van der Waals surface area contributed by atoms with Crippen molar-refractivity contribution in [1.82, 2.24) is 10.2 Å². The first kappa shape index (κ1) is 19.2. The normalized spacial score (nSPS) is 15.4. The van der Waals surface area contributed by atoms with Gasteiger partial charge in [0.1, 0.15) is 6.67 Å². The second kappa shape index (κ2) is 9.40. The fourth-order valence-electron chi connectivity index (χ4n) is 3.27. The van der Waals surface area contributed by atoms with Gasteiger partial charge in [-0.05, 0) is 49.9 Å². The summed E-state index contributed by atoms with van der Waals surface area (Å²) < 4.78 is 12.5. The Kier molecular flexibility index (Phi) is 6.94. The van der Waals surface area contributed by atoms with Crippen LogP contribution >= 0.6 is 11.8 Å². The van der Waals surface area contributed by atoms with Crippen molar-refractivity contribution >= 4 is 17.4 Å². The van der Waals surface area contributed by atoms with Gasteiger partial charge in [-0.1, -0.05) is 29.5 Å². The molecule has 0 atom stereocenters. The van der Waals surface area contributed by atoms with E-state index in [9.17, 15) is 4.39 Å². The molecule has 140 valence electrons. The van der Waals surface area contributed by atoms with Crippen molar-refractivity contribution in [1.29, 1.82) is 0 Å². The van der Waals surface area contributed by atoms with Crippen LogP contribution in [0.3, 0.4) is 0 Å². The van der Waals surface area contributed by atoms with E-state index in [1.165, 1.54) is 26.6 Å². The van der Waals surface area contributed by atoms with E-state index in [0.717, 1.165) is 32.7 Å². The van der Waals surface area contributed by atoms with E-state index in [1.807, 2.05) is 18.8 Å². The Morgan fingerprint density at radius 1 is 1.04 bits per heavy atom. The minimum Gasteiger partial charge on any atom is -0.369 e. The van der Waals surface area contributed by atoms with Crippen molar-refractivity contribution < 1.29 is 4.39 Å². The van der Waals surface area contributed by atoms with E-state index in [2.05, 4.69) is 64.5 Å². The van der Waals surface area contributed by atoms with Crippen LogP contribution in [0.2, 0.25) is 0 Å². The predicted octanol–water partition coefficient (Wildman–Crippen LogP) is 3.96. The summed E-state index contributed by atoms with van der Waals surface area (Å²) in [5.41, 5.74) is 3.87. The number of halogens is 1. The summed E-state index contributed by atoms with van der Waals surface area (Å²) in [6.45, 7) is 7.07. The third-order valence-electron chi connectivity index (χ3n) is 4.80. The molecule has 0 amide bonds. The van der Waals surface area contributed by atoms with Crippen LogP contribution in [0.15, 0.2) is 52.3 Å². The molecule has 26 heavy (non-hydrogen) atoms. The van der Waals surface area contributed by atoms with Gasteiger partial charge in [-0.2, -0.15) is 0 Å². The number of benzene rings is 2. The van der Waals surface area contributed by atoms with Gasteiger partial charge in [0.2, 0.25) is 0 Å². The van der Waals surface area contributed by atoms with Gasteiger partial charge in [-0.25, -0.2) is 4.39 Å². The van der Waals surface area contributed by atoms with E-state index in [0.29, 0.717) is 6.54 Å². The van der Waals surface area contributed by atoms with Crippen molar-refractivity contribution in [2.24, 2.45) is 0 Å². The quantitative estimate of drug-likeness (QED) is 0.792. The molecule has 1 saturated heterocycles. The largest absolute Gasteiger partial charge is 0.369 e. The van der Waals surface area contributed by atoms with Crippen molar-refractivity contribution in [2.45, 2.75) is 23.3 Å². The molecule has 1 aliphatic heterocycles. The number of piperazine rings is 1. The van der Waals surface area contributed by atoms with Gasteiger partial charge in [-0.3, -0.25) is 4.90 Å². The van der Waals surface area contributed by atoms with Crippen LogP contribution in [0, 0.1) is 6.92 Å². The summed E-state index contributed by atoms with van der Waals surface area (Å²) >= 11 is 1.82. The molecule has 1 heterocycles. The first-order valence-electron chi connectivity index (χ1n) is 9.25. The first-order valence-corrected chi connectivity index (χ1v) is 10.1. The number of rotatable bonds is 7. The van der Waals surface area contributed by atoms with E-state index >= 15 is 0 Å². The molecule has 1 aliphatic rings. The third kappa shape index (κ3) is 5.00. The maximum absolute atomic E-state index is 12.5. The number of nitrogens with one attached hydrogen (secondary N) is 1. The lowest BCUT2D eigenvalue weighted by Gasteiger charge is -2.36. The zero-order valence-corrected chi connectivity index (χ0v) is 16.5. The molecule has 0 unspecified atom stereocenters. The minimum absolute atomic E-state index is 0.253. The van der Waals surface area contributed by atoms with E-state index < -0.39 is 0 Å². The summed E-state index contributed by atoms with van der Waals surface area (Å²) in [7, 11) is 1.99. The zero-order chi connectivity index (χ0) is 18.4.